The maximum absolute atomic E-state index is 12.3. The monoisotopic (exact) mass is 387 g/mol. The van der Waals surface area contributed by atoms with Crippen molar-refractivity contribution in [1.82, 2.24) is 0 Å². The van der Waals surface area contributed by atoms with Crippen LogP contribution in [-0.4, -0.2) is 5.91 Å². The predicted octanol–water partition coefficient (Wildman–Crippen LogP) is 5.01. The molecule has 0 aliphatic carbocycles. The van der Waals surface area contributed by atoms with Crippen molar-refractivity contribution in [2.75, 3.05) is 5.32 Å². The molecular formula is C18H14INO. The van der Waals surface area contributed by atoms with E-state index in [2.05, 4.69) is 40.9 Å². The average molecular weight is 387 g/mol. The number of hydrogen-bond donors (Lipinski definition) is 1. The summed E-state index contributed by atoms with van der Waals surface area (Å²) in [6, 6.07) is 19.7. The van der Waals surface area contributed by atoms with Gasteiger partial charge in [0.25, 0.3) is 5.91 Å². The van der Waals surface area contributed by atoms with Crippen molar-refractivity contribution >= 4 is 45.0 Å². The second kappa shape index (κ2) is 5.85. The van der Waals surface area contributed by atoms with Crippen molar-refractivity contribution in [2.24, 2.45) is 0 Å². The van der Waals surface area contributed by atoms with Crippen molar-refractivity contribution in [3.8, 4) is 0 Å². The van der Waals surface area contributed by atoms with Crippen LogP contribution in [0.3, 0.4) is 0 Å². The number of carbonyl (C=O) groups excluding carboxylic acids is 1. The van der Waals surface area contributed by atoms with E-state index in [1.807, 2.05) is 54.6 Å². The van der Waals surface area contributed by atoms with Crippen molar-refractivity contribution < 1.29 is 4.79 Å². The number of nitrogens with one attached hydrogen (secondary N) is 1. The van der Waals surface area contributed by atoms with E-state index >= 15 is 0 Å². The van der Waals surface area contributed by atoms with Gasteiger partial charge in [0.15, 0.2) is 0 Å². The van der Waals surface area contributed by atoms with Crippen molar-refractivity contribution in [2.45, 2.75) is 6.92 Å². The van der Waals surface area contributed by atoms with Crippen LogP contribution in [0.5, 0.6) is 0 Å². The number of carbonyl (C=O) groups is 1. The summed E-state index contributed by atoms with van der Waals surface area (Å²) in [6.07, 6.45) is 0. The highest BCUT2D eigenvalue weighted by Crippen LogP contribution is 2.26. The molecule has 0 atom stereocenters. The molecule has 0 spiro atoms. The second-order valence-electron chi connectivity index (χ2n) is 4.94. The van der Waals surface area contributed by atoms with Crippen LogP contribution in [0.2, 0.25) is 0 Å². The summed E-state index contributed by atoms with van der Waals surface area (Å²) in [7, 11) is 0. The number of halogens is 1. The van der Waals surface area contributed by atoms with Gasteiger partial charge >= 0.3 is 0 Å². The molecule has 0 saturated heterocycles. The van der Waals surface area contributed by atoms with Crippen molar-refractivity contribution in [3.05, 3.63) is 75.4 Å². The third-order valence-electron chi connectivity index (χ3n) is 3.50. The van der Waals surface area contributed by atoms with E-state index in [-0.39, 0.29) is 5.91 Å². The van der Waals surface area contributed by atoms with Gasteiger partial charge in [-0.15, -0.1) is 0 Å². The van der Waals surface area contributed by atoms with Gasteiger partial charge in [0.2, 0.25) is 0 Å². The lowest BCUT2D eigenvalue weighted by atomic mass is 10.0. The molecule has 0 bridgehead atoms. The van der Waals surface area contributed by atoms with Gasteiger partial charge in [-0.3, -0.25) is 4.79 Å². The van der Waals surface area contributed by atoms with E-state index in [0.29, 0.717) is 5.56 Å². The van der Waals surface area contributed by atoms with Crippen LogP contribution in [0, 0.1) is 10.5 Å². The van der Waals surface area contributed by atoms with Crippen LogP contribution >= 0.6 is 22.6 Å². The molecule has 0 aromatic heterocycles. The van der Waals surface area contributed by atoms with Crippen LogP contribution in [0.1, 0.15) is 15.9 Å². The lowest BCUT2D eigenvalue weighted by Crippen LogP contribution is -2.12. The zero-order valence-electron chi connectivity index (χ0n) is 11.6. The van der Waals surface area contributed by atoms with Crippen molar-refractivity contribution in [1.29, 1.82) is 0 Å². The Labute approximate surface area is 137 Å². The van der Waals surface area contributed by atoms with Crippen LogP contribution in [0.4, 0.5) is 5.69 Å². The van der Waals surface area contributed by atoms with Crippen molar-refractivity contribution in [3.63, 3.8) is 0 Å². The molecule has 104 valence electrons. The maximum Gasteiger partial charge on any atom is 0.255 e. The lowest BCUT2D eigenvalue weighted by Gasteiger charge is -2.10. The quantitative estimate of drug-likeness (QED) is 0.616. The molecule has 1 N–H and O–H groups in total. The largest absolute Gasteiger partial charge is 0.321 e. The summed E-state index contributed by atoms with van der Waals surface area (Å²) in [5.41, 5.74) is 2.72. The molecule has 0 heterocycles. The molecular weight excluding hydrogens is 373 g/mol. The Hall–Kier alpha value is -1.88. The van der Waals surface area contributed by atoms with Gasteiger partial charge in [0.1, 0.15) is 0 Å². The first kappa shape index (κ1) is 14.1. The summed E-state index contributed by atoms with van der Waals surface area (Å²) >= 11 is 2.23. The summed E-state index contributed by atoms with van der Waals surface area (Å²) in [6.45, 7) is 2.08. The van der Waals surface area contributed by atoms with Gasteiger partial charge in [-0.2, -0.15) is 0 Å². The van der Waals surface area contributed by atoms with E-state index in [1.165, 1.54) is 5.56 Å². The van der Waals surface area contributed by atoms with Gasteiger partial charge in [0.05, 0.1) is 0 Å². The fraction of sp³-hybridized carbons (Fsp3) is 0.0556. The zero-order valence-corrected chi connectivity index (χ0v) is 13.7. The third kappa shape index (κ3) is 2.93. The number of anilines is 1. The fourth-order valence-electron chi connectivity index (χ4n) is 2.35. The maximum atomic E-state index is 12.3. The Kier molecular flexibility index (Phi) is 3.92. The highest BCUT2D eigenvalue weighted by molar-refractivity contribution is 14.1. The number of aryl methyl sites for hydroxylation is 1. The van der Waals surface area contributed by atoms with Crippen LogP contribution in [-0.2, 0) is 0 Å². The van der Waals surface area contributed by atoms with Crippen LogP contribution in [0.15, 0.2) is 60.7 Å². The van der Waals surface area contributed by atoms with Crippen LogP contribution in [0.25, 0.3) is 10.8 Å². The SMILES string of the molecule is Cc1ccc(NC(=O)c2ccc(I)cc2)c2ccccc12. The number of rotatable bonds is 2. The summed E-state index contributed by atoms with van der Waals surface area (Å²) < 4.78 is 1.12. The molecule has 0 unspecified atom stereocenters. The molecule has 0 aliphatic rings. The van der Waals surface area contributed by atoms with Gasteiger partial charge in [-0.25, -0.2) is 0 Å². The van der Waals surface area contributed by atoms with Gasteiger partial charge in [-0.05, 0) is 70.8 Å². The number of amides is 1. The smallest absolute Gasteiger partial charge is 0.255 e. The Morgan fingerprint density at radius 2 is 1.57 bits per heavy atom. The van der Waals surface area contributed by atoms with E-state index in [0.717, 1.165) is 20.0 Å². The molecule has 3 aromatic rings. The summed E-state index contributed by atoms with van der Waals surface area (Å²) in [5, 5.41) is 5.24. The first-order valence-corrected chi connectivity index (χ1v) is 7.78. The highest BCUT2D eigenvalue weighted by Gasteiger charge is 2.09. The Morgan fingerprint density at radius 1 is 0.905 bits per heavy atom. The minimum atomic E-state index is -0.0830. The Morgan fingerprint density at radius 3 is 2.29 bits per heavy atom. The Bertz CT molecular complexity index is 809. The second-order valence-corrected chi connectivity index (χ2v) is 6.18. The standard InChI is InChI=1S/C18H14INO/c1-12-6-11-17(16-5-3-2-4-15(12)16)20-18(21)13-7-9-14(19)10-8-13/h2-11H,1H3,(H,20,21). The van der Waals surface area contributed by atoms with Crippen LogP contribution < -0.4 is 5.32 Å². The predicted molar refractivity (Wildman–Crippen MR) is 95.8 cm³/mol. The molecule has 3 heteroatoms. The molecule has 1 amide bonds. The lowest BCUT2D eigenvalue weighted by molar-refractivity contribution is 0.102. The number of hydrogen-bond acceptors (Lipinski definition) is 1. The molecule has 0 fully saturated rings. The van der Waals surface area contributed by atoms with E-state index in [4.69, 9.17) is 0 Å². The summed E-state index contributed by atoms with van der Waals surface area (Å²) in [4.78, 5) is 12.3. The minimum absolute atomic E-state index is 0.0830. The minimum Gasteiger partial charge on any atom is -0.321 e. The normalized spacial score (nSPS) is 10.6. The Balaban J connectivity index is 1.97. The molecule has 21 heavy (non-hydrogen) atoms. The molecule has 2 nitrogen and oxygen atoms in total. The number of benzene rings is 3. The summed E-state index contributed by atoms with van der Waals surface area (Å²) in [5.74, 6) is -0.0830. The molecule has 0 aliphatic heterocycles. The van der Waals surface area contributed by atoms with Gasteiger partial charge < -0.3 is 5.32 Å². The molecule has 0 radical (unpaired) electrons. The first-order valence-electron chi connectivity index (χ1n) is 6.70. The molecule has 3 aromatic carbocycles. The van der Waals surface area contributed by atoms with E-state index in [1.54, 1.807) is 0 Å². The molecule has 3 rings (SSSR count). The topological polar surface area (TPSA) is 29.1 Å². The first-order chi connectivity index (χ1) is 10.1. The van der Waals surface area contributed by atoms with Gasteiger partial charge in [-0.1, -0.05) is 30.3 Å². The average Bonchev–Trinajstić information content (AvgIpc) is 2.51. The van der Waals surface area contributed by atoms with E-state index in [9.17, 15) is 4.79 Å². The van der Waals surface area contributed by atoms with Gasteiger partial charge in [0, 0.05) is 20.2 Å². The highest BCUT2D eigenvalue weighted by atomic mass is 127. The number of fused-ring (bicyclic) bond motifs is 1. The third-order valence-corrected chi connectivity index (χ3v) is 4.22. The van der Waals surface area contributed by atoms with E-state index < -0.39 is 0 Å². The molecule has 0 saturated carbocycles. The fourth-order valence-corrected chi connectivity index (χ4v) is 2.71. The zero-order chi connectivity index (χ0) is 14.8.